The second kappa shape index (κ2) is 7.03. The Morgan fingerprint density at radius 2 is 1.86 bits per heavy atom. The summed E-state index contributed by atoms with van der Waals surface area (Å²) in [5.41, 5.74) is 16.0. The summed E-state index contributed by atoms with van der Waals surface area (Å²) in [5, 5.41) is 1.12. The highest BCUT2D eigenvalue weighted by atomic mass is 15.1. The van der Waals surface area contributed by atoms with Crippen molar-refractivity contribution in [2.45, 2.75) is 45.6 Å². The highest BCUT2D eigenvalue weighted by Gasteiger charge is 2.26. The summed E-state index contributed by atoms with van der Waals surface area (Å²) in [6.07, 6.45) is 4.91. The highest BCUT2D eigenvalue weighted by Crippen LogP contribution is 2.39. The first kappa shape index (κ1) is 17.9. The molecule has 0 amide bonds. The van der Waals surface area contributed by atoms with Gasteiger partial charge in [0.1, 0.15) is 5.65 Å². The number of hydrogen-bond donors (Lipinski definition) is 1. The number of hydrogen-bond acceptors (Lipinski definition) is 3. The first-order valence-electron chi connectivity index (χ1n) is 10.3. The molecule has 0 aliphatic heterocycles. The number of rotatable bonds is 3. The molecule has 0 saturated carbocycles. The van der Waals surface area contributed by atoms with Crippen molar-refractivity contribution in [1.82, 2.24) is 14.5 Å². The average molecular weight is 383 g/mol. The van der Waals surface area contributed by atoms with Crippen LogP contribution in [-0.2, 0) is 19.4 Å². The second-order valence-corrected chi connectivity index (χ2v) is 8.12. The standard InChI is InChI=1S/C25H26N4/c1-16-17(2)29(15-20-10-6-7-13-27-20)25-23(16)24(26)21-14-19(11-12-22(21)28-25)18-8-4-3-5-9-18/h3-10,13,19H,11-12,14-15H2,1-2H3,(H2,26,28)/t19-/m0/s1. The number of nitrogens with two attached hydrogens (primary N) is 1. The van der Waals surface area contributed by atoms with Crippen LogP contribution in [0.4, 0.5) is 5.69 Å². The van der Waals surface area contributed by atoms with Crippen LogP contribution in [0.5, 0.6) is 0 Å². The molecule has 1 aliphatic carbocycles. The van der Waals surface area contributed by atoms with E-state index in [2.05, 4.69) is 59.8 Å². The molecule has 1 aliphatic rings. The van der Waals surface area contributed by atoms with Gasteiger partial charge in [-0.15, -0.1) is 0 Å². The molecule has 4 heteroatoms. The average Bonchev–Trinajstić information content (AvgIpc) is 3.00. The molecule has 1 aromatic carbocycles. The van der Waals surface area contributed by atoms with E-state index in [-0.39, 0.29) is 0 Å². The molecule has 0 unspecified atom stereocenters. The third kappa shape index (κ3) is 3.00. The quantitative estimate of drug-likeness (QED) is 0.545. The Morgan fingerprint density at radius 1 is 1.07 bits per heavy atom. The van der Waals surface area contributed by atoms with Gasteiger partial charge >= 0.3 is 0 Å². The Bertz CT molecular complexity index is 1180. The van der Waals surface area contributed by atoms with Crippen LogP contribution in [0.1, 0.15) is 46.1 Å². The number of benzene rings is 1. The largest absolute Gasteiger partial charge is 0.398 e. The van der Waals surface area contributed by atoms with Gasteiger partial charge in [-0.2, -0.15) is 0 Å². The lowest BCUT2D eigenvalue weighted by Gasteiger charge is -2.26. The van der Waals surface area contributed by atoms with E-state index in [1.807, 2.05) is 18.3 Å². The van der Waals surface area contributed by atoms with Gasteiger partial charge in [0, 0.05) is 28.7 Å². The Kier molecular flexibility index (Phi) is 4.35. The molecule has 0 radical (unpaired) electrons. The predicted molar refractivity (Wildman–Crippen MR) is 118 cm³/mol. The van der Waals surface area contributed by atoms with Crippen LogP contribution in [0.3, 0.4) is 0 Å². The Hall–Kier alpha value is -3.14. The number of aromatic nitrogens is 3. The monoisotopic (exact) mass is 382 g/mol. The highest BCUT2D eigenvalue weighted by molar-refractivity contribution is 5.95. The zero-order valence-electron chi connectivity index (χ0n) is 17.0. The summed E-state index contributed by atoms with van der Waals surface area (Å²) >= 11 is 0. The molecule has 0 fully saturated rings. The number of aryl methyl sites for hydroxylation is 2. The van der Waals surface area contributed by atoms with E-state index in [0.29, 0.717) is 5.92 Å². The van der Waals surface area contributed by atoms with E-state index < -0.39 is 0 Å². The third-order valence-corrected chi connectivity index (χ3v) is 6.48. The summed E-state index contributed by atoms with van der Waals surface area (Å²) in [6.45, 7) is 5.04. The lowest BCUT2D eigenvalue weighted by molar-refractivity contribution is 0.576. The topological polar surface area (TPSA) is 56.7 Å². The number of fused-ring (bicyclic) bond motifs is 2. The molecule has 29 heavy (non-hydrogen) atoms. The minimum absolute atomic E-state index is 0.516. The minimum Gasteiger partial charge on any atom is -0.398 e. The normalized spacial score (nSPS) is 16.1. The number of pyridine rings is 2. The minimum atomic E-state index is 0.516. The van der Waals surface area contributed by atoms with E-state index in [4.69, 9.17) is 10.7 Å². The Balaban J connectivity index is 1.61. The van der Waals surface area contributed by atoms with Crippen molar-refractivity contribution in [3.8, 4) is 0 Å². The van der Waals surface area contributed by atoms with Crippen LogP contribution in [-0.4, -0.2) is 14.5 Å². The summed E-state index contributed by atoms with van der Waals surface area (Å²) in [4.78, 5) is 9.64. The summed E-state index contributed by atoms with van der Waals surface area (Å²) in [6, 6.07) is 16.8. The SMILES string of the molecule is Cc1c(C)n(Cc2ccccn2)c2nc3c(c(N)c12)C[C@@H](c1ccccc1)CC3. The van der Waals surface area contributed by atoms with Gasteiger partial charge < -0.3 is 10.3 Å². The predicted octanol–water partition coefficient (Wildman–Crippen LogP) is 4.95. The first-order valence-corrected chi connectivity index (χ1v) is 10.3. The van der Waals surface area contributed by atoms with Crippen molar-refractivity contribution in [1.29, 1.82) is 0 Å². The maximum atomic E-state index is 6.79. The number of nitrogen functional groups attached to an aromatic ring is 1. The fraction of sp³-hybridized carbons (Fsp3) is 0.280. The Morgan fingerprint density at radius 3 is 2.62 bits per heavy atom. The molecule has 4 nitrogen and oxygen atoms in total. The van der Waals surface area contributed by atoms with Gasteiger partial charge in [-0.3, -0.25) is 4.98 Å². The van der Waals surface area contributed by atoms with Crippen LogP contribution in [0.15, 0.2) is 54.7 Å². The van der Waals surface area contributed by atoms with Crippen LogP contribution in [0.25, 0.3) is 11.0 Å². The fourth-order valence-electron chi connectivity index (χ4n) is 4.74. The molecule has 4 aromatic rings. The number of nitrogens with zero attached hydrogens (tertiary/aromatic N) is 3. The summed E-state index contributed by atoms with van der Waals surface area (Å²) < 4.78 is 2.27. The molecular weight excluding hydrogens is 356 g/mol. The maximum absolute atomic E-state index is 6.79. The van der Waals surface area contributed by atoms with Crippen LogP contribution in [0, 0.1) is 13.8 Å². The number of anilines is 1. The molecule has 0 bridgehead atoms. The van der Waals surface area contributed by atoms with Crippen LogP contribution in [0.2, 0.25) is 0 Å². The van der Waals surface area contributed by atoms with Gasteiger partial charge in [0.15, 0.2) is 0 Å². The second-order valence-electron chi connectivity index (χ2n) is 8.12. The Labute approximate surface area is 171 Å². The van der Waals surface area contributed by atoms with Crippen molar-refractivity contribution >= 4 is 16.7 Å². The molecule has 0 saturated heterocycles. The first-order chi connectivity index (χ1) is 14.1. The van der Waals surface area contributed by atoms with Crippen molar-refractivity contribution < 1.29 is 0 Å². The molecular formula is C25H26N4. The fourth-order valence-corrected chi connectivity index (χ4v) is 4.74. The lowest BCUT2D eigenvalue weighted by atomic mass is 9.81. The van der Waals surface area contributed by atoms with Gasteiger partial charge in [-0.25, -0.2) is 4.98 Å². The van der Waals surface area contributed by atoms with E-state index in [1.165, 1.54) is 28.1 Å². The lowest BCUT2D eigenvalue weighted by Crippen LogP contribution is -2.17. The van der Waals surface area contributed by atoms with Gasteiger partial charge in [0.2, 0.25) is 0 Å². The van der Waals surface area contributed by atoms with Gasteiger partial charge in [0.05, 0.1) is 12.2 Å². The molecule has 5 rings (SSSR count). The van der Waals surface area contributed by atoms with Crippen molar-refractivity contribution in [2.75, 3.05) is 5.73 Å². The van der Waals surface area contributed by atoms with Crippen molar-refractivity contribution in [2.24, 2.45) is 0 Å². The van der Waals surface area contributed by atoms with E-state index in [1.54, 1.807) is 0 Å². The smallest absolute Gasteiger partial charge is 0.143 e. The van der Waals surface area contributed by atoms with E-state index >= 15 is 0 Å². The van der Waals surface area contributed by atoms with E-state index in [9.17, 15) is 0 Å². The van der Waals surface area contributed by atoms with Crippen molar-refractivity contribution in [3.63, 3.8) is 0 Å². The van der Waals surface area contributed by atoms with Gasteiger partial charge in [-0.1, -0.05) is 36.4 Å². The van der Waals surface area contributed by atoms with Crippen LogP contribution >= 0.6 is 0 Å². The zero-order valence-corrected chi connectivity index (χ0v) is 17.0. The molecule has 2 N–H and O–H groups in total. The maximum Gasteiger partial charge on any atom is 0.143 e. The van der Waals surface area contributed by atoms with Crippen molar-refractivity contribution in [3.05, 3.63) is 88.5 Å². The zero-order chi connectivity index (χ0) is 20.0. The molecule has 3 aromatic heterocycles. The van der Waals surface area contributed by atoms with Gasteiger partial charge in [0.25, 0.3) is 0 Å². The van der Waals surface area contributed by atoms with E-state index in [0.717, 1.165) is 48.2 Å². The molecule has 0 spiro atoms. The summed E-state index contributed by atoms with van der Waals surface area (Å²) in [7, 11) is 0. The molecule has 3 heterocycles. The molecule has 146 valence electrons. The summed E-state index contributed by atoms with van der Waals surface area (Å²) in [5.74, 6) is 0.516. The van der Waals surface area contributed by atoms with Gasteiger partial charge in [-0.05, 0) is 67.9 Å². The third-order valence-electron chi connectivity index (χ3n) is 6.48. The van der Waals surface area contributed by atoms with Crippen LogP contribution < -0.4 is 5.73 Å². The molecule has 1 atom stereocenters.